The maximum atomic E-state index is 12.3. The minimum Gasteiger partial charge on any atom is -0.507 e. The monoisotopic (exact) mass is 320 g/mol. The van der Waals surface area contributed by atoms with Crippen LogP contribution in [0.2, 0.25) is 0 Å². The molecule has 0 unspecified atom stereocenters. The van der Waals surface area contributed by atoms with Gasteiger partial charge in [0.15, 0.2) is 0 Å². The summed E-state index contributed by atoms with van der Waals surface area (Å²) in [5, 5.41) is 9.95. The Morgan fingerprint density at radius 1 is 0.958 bits per heavy atom. The Morgan fingerprint density at radius 2 is 1.58 bits per heavy atom. The summed E-state index contributed by atoms with van der Waals surface area (Å²) < 4.78 is 0. The summed E-state index contributed by atoms with van der Waals surface area (Å²) in [6.45, 7) is 6.13. The molecule has 0 radical (unpaired) electrons. The molecule has 24 heavy (non-hydrogen) atoms. The van der Waals surface area contributed by atoms with Crippen LogP contribution in [0.5, 0.6) is 0 Å². The van der Waals surface area contributed by atoms with E-state index in [1.165, 1.54) is 6.08 Å². The third-order valence-corrected chi connectivity index (χ3v) is 4.18. The van der Waals surface area contributed by atoms with E-state index < -0.39 is 0 Å². The zero-order valence-corrected chi connectivity index (χ0v) is 13.9. The summed E-state index contributed by atoms with van der Waals surface area (Å²) in [7, 11) is 0. The van der Waals surface area contributed by atoms with Crippen molar-refractivity contribution in [1.29, 1.82) is 0 Å². The van der Waals surface area contributed by atoms with Crippen molar-refractivity contribution < 1.29 is 9.90 Å². The topological polar surface area (TPSA) is 52.9 Å². The molecular formula is C20H20N2O2. The van der Waals surface area contributed by atoms with Crippen LogP contribution in [-0.2, 0) is 4.79 Å². The van der Waals surface area contributed by atoms with Gasteiger partial charge in [-0.25, -0.2) is 4.99 Å². The number of aliphatic imine (C=N–C) groups is 1. The number of hydrogen-bond acceptors (Lipinski definition) is 4. The molecule has 122 valence electrons. The Kier molecular flexibility index (Phi) is 4.47. The number of carbonyl (C=O) groups excluding carboxylic acids is 1. The van der Waals surface area contributed by atoms with Gasteiger partial charge in [-0.2, -0.15) is 0 Å². The second kappa shape index (κ2) is 6.71. The third-order valence-electron chi connectivity index (χ3n) is 4.18. The van der Waals surface area contributed by atoms with Crippen LogP contribution in [0.15, 0.2) is 59.6 Å². The molecule has 1 N–H and O–H groups in total. The molecule has 0 amide bonds. The van der Waals surface area contributed by atoms with Crippen LogP contribution in [-0.4, -0.2) is 29.7 Å². The summed E-state index contributed by atoms with van der Waals surface area (Å²) in [6, 6.07) is 15.1. The van der Waals surface area contributed by atoms with Crippen LogP contribution >= 0.6 is 0 Å². The lowest BCUT2D eigenvalue weighted by Crippen LogP contribution is -2.21. The van der Waals surface area contributed by atoms with Crippen molar-refractivity contribution in [2.45, 2.75) is 13.8 Å². The Hall–Kier alpha value is -2.88. The van der Waals surface area contributed by atoms with Crippen molar-refractivity contribution in [1.82, 2.24) is 0 Å². The summed E-state index contributed by atoms with van der Waals surface area (Å²) in [5.74, 6) is -0.287. The van der Waals surface area contributed by atoms with Gasteiger partial charge in [-0.1, -0.05) is 24.3 Å². The van der Waals surface area contributed by atoms with Crippen LogP contribution in [0.3, 0.4) is 0 Å². The second-order valence-corrected chi connectivity index (χ2v) is 5.59. The Labute approximate surface area is 141 Å². The first kappa shape index (κ1) is 16.0. The number of hydrogen-bond donors (Lipinski definition) is 1. The average Bonchev–Trinajstić information content (AvgIpc) is 2.61. The maximum Gasteiger partial charge on any atom is 0.208 e. The summed E-state index contributed by atoms with van der Waals surface area (Å²) >= 11 is 0. The smallest absolute Gasteiger partial charge is 0.208 e. The highest BCUT2D eigenvalue weighted by atomic mass is 16.3. The molecule has 0 saturated carbocycles. The van der Waals surface area contributed by atoms with Crippen LogP contribution in [0, 0.1) is 0 Å². The van der Waals surface area contributed by atoms with Gasteiger partial charge >= 0.3 is 0 Å². The predicted octanol–water partition coefficient (Wildman–Crippen LogP) is 4.14. The molecule has 4 heteroatoms. The maximum absolute atomic E-state index is 12.3. The van der Waals surface area contributed by atoms with Crippen molar-refractivity contribution >= 4 is 28.6 Å². The fraction of sp³-hybridized carbons (Fsp3) is 0.200. The van der Waals surface area contributed by atoms with Gasteiger partial charge in [-0.15, -0.1) is 0 Å². The number of fused-ring (bicyclic) bond motifs is 1. The van der Waals surface area contributed by atoms with E-state index in [4.69, 9.17) is 0 Å². The number of rotatable bonds is 4. The van der Waals surface area contributed by atoms with Gasteiger partial charge in [0, 0.05) is 36.0 Å². The third kappa shape index (κ3) is 2.95. The highest BCUT2D eigenvalue weighted by Gasteiger charge is 2.23. The first-order valence-corrected chi connectivity index (χ1v) is 8.12. The zero-order valence-electron chi connectivity index (χ0n) is 13.9. The Morgan fingerprint density at radius 3 is 2.21 bits per heavy atom. The zero-order chi connectivity index (χ0) is 17.1. The molecular weight excluding hydrogens is 300 g/mol. The first-order valence-electron chi connectivity index (χ1n) is 8.12. The molecule has 0 aliphatic heterocycles. The fourth-order valence-corrected chi connectivity index (χ4v) is 2.89. The molecule has 0 heterocycles. The van der Waals surface area contributed by atoms with E-state index in [2.05, 4.69) is 23.7 Å². The van der Waals surface area contributed by atoms with Gasteiger partial charge in [-0.05, 0) is 38.1 Å². The van der Waals surface area contributed by atoms with E-state index in [1.807, 2.05) is 36.4 Å². The van der Waals surface area contributed by atoms with E-state index in [1.54, 1.807) is 12.1 Å². The normalized spacial score (nSPS) is 15.2. The number of ketones is 1. The molecule has 0 saturated heterocycles. The quantitative estimate of drug-likeness (QED) is 0.921. The van der Waals surface area contributed by atoms with Crippen molar-refractivity contribution in [2.75, 3.05) is 18.0 Å². The van der Waals surface area contributed by atoms with E-state index >= 15 is 0 Å². The van der Waals surface area contributed by atoms with Gasteiger partial charge in [0.1, 0.15) is 11.5 Å². The van der Waals surface area contributed by atoms with Gasteiger partial charge in [0.05, 0.1) is 5.69 Å². The molecule has 0 aromatic heterocycles. The van der Waals surface area contributed by atoms with Gasteiger partial charge < -0.3 is 10.0 Å². The molecule has 1 aliphatic carbocycles. The molecule has 1 aliphatic rings. The summed E-state index contributed by atoms with van der Waals surface area (Å²) in [6.07, 6.45) is 1.23. The molecule has 0 spiro atoms. The Balaban J connectivity index is 1.98. The molecule has 4 nitrogen and oxygen atoms in total. The number of benzene rings is 2. The number of allylic oxidation sites excluding steroid dienone is 1. The lowest BCUT2D eigenvalue weighted by Gasteiger charge is -2.21. The van der Waals surface area contributed by atoms with Crippen molar-refractivity contribution in [2.24, 2.45) is 4.99 Å². The lowest BCUT2D eigenvalue weighted by molar-refractivity contribution is -0.108. The highest BCUT2D eigenvalue weighted by molar-refractivity contribution is 6.52. The number of aliphatic hydroxyl groups excluding tert-OH is 1. The van der Waals surface area contributed by atoms with Crippen molar-refractivity contribution in [3.63, 3.8) is 0 Å². The van der Waals surface area contributed by atoms with Gasteiger partial charge in [0.25, 0.3) is 0 Å². The van der Waals surface area contributed by atoms with Crippen LogP contribution < -0.4 is 4.90 Å². The minimum atomic E-state index is -0.279. The van der Waals surface area contributed by atoms with Crippen molar-refractivity contribution in [3.05, 3.63) is 65.7 Å². The van der Waals surface area contributed by atoms with E-state index in [0.717, 1.165) is 24.5 Å². The number of carbonyl (C=O) groups is 1. The van der Waals surface area contributed by atoms with E-state index in [9.17, 15) is 9.90 Å². The summed E-state index contributed by atoms with van der Waals surface area (Å²) in [4.78, 5) is 19.0. The first-order chi connectivity index (χ1) is 11.6. The van der Waals surface area contributed by atoms with Gasteiger partial charge in [0.2, 0.25) is 5.78 Å². The molecule has 0 bridgehead atoms. The Bertz CT molecular complexity index is 816. The minimum absolute atomic E-state index is 0.00793. The van der Waals surface area contributed by atoms with Crippen LogP contribution in [0.25, 0.3) is 5.76 Å². The van der Waals surface area contributed by atoms with Crippen molar-refractivity contribution in [3.8, 4) is 0 Å². The standard InChI is InChI=1S/C20H20N2O2/c1-3-22(4-2)15-11-9-14(10-12-15)21-20-17-8-6-5-7-16(17)18(23)13-19(20)24/h5-13,23H,3-4H2,1-2H3. The molecule has 0 fully saturated rings. The fourth-order valence-electron chi connectivity index (χ4n) is 2.89. The summed E-state index contributed by atoms with van der Waals surface area (Å²) in [5.41, 5.74) is 3.51. The number of anilines is 1. The highest BCUT2D eigenvalue weighted by Crippen LogP contribution is 2.26. The van der Waals surface area contributed by atoms with E-state index in [-0.39, 0.29) is 11.5 Å². The number of nitrogens with zero attached hydrogens (tertiary/aromatic N) is 2. The number of aliphatic hydroxyl groups is 1. The van der Waals surface area contributed by atoms with Crippen LogP contribution in [0.1, 0.15) is 25.0 Å². The average molecular weight is 320 g/mol. The largest absolute Gasteiger partial charge is 0.507 e. The second-order valence-electron chi connectivity index (χ2n) is 5.59. The predicted molar refractivity (Wildman–Crippen MR) is 98.3 cm³/mol. The van der Waals surface area contributed by atoms with Gasteiger partial charge in [-0.3, -0.25) is 4.79 Å². The van der Waals surface area contributed by atoms with E-state index in [0.29, 0.717) is 16.8 Å². The molecule has 0 atom stereocenters. The molecule has 3 rings (SSSR count). The SMILES string of the molecule is CCN(CC)c1ccc(N=C2C(=O)C=C(O)c3ccccc32)cc1. The van der Waals surface area contributed by atoms with Crippen LogP contribution in [0.4, 0.5) is 11.4 Å². The molecule has 2 aromatic carbocycles. The molecule has 2 aromatic rings. The lowest BCUT2D eigenvalue weighted by atomic mass is 9.93.